The molecule has 0 aliphatic carbocycles. The average molecular weight is 428 g/mol. The first-order chi connectivity index (χ1) is 12.4. The Kier molecular flexibility index (Phi) is 5.82. The zero-order valence-electron chi connectivity index (χ0n) is 13.6. The monoisotopic (exact) mass is 426 g/mol. The number of carbonyl (C=O) groups excluding carboxylic acids is 2. The van der Waals surface area contributed by atoms with Crippen LogP contribution in [0.15, 0.2) is 41.3 Å². The third-order valence-electron chi connectivity index (χ3n) is 3.84. The highest BCUT2D eigenvalue weighted by atomic mass is 35.5. The minimum absolute atomic E-state index is 0.0411. The number of hydrogen-bond acceptors (Lipinski definition) is 4. The average Bonchev–Trinajstić information content (AvgIpc) is 2.86. The van der Waals surface area contributed by atoms with Gasteiger partial charge in [-0.05, 0) is 54.6 Å². The van der Waals surface area contributed by atoms with E-state index < -0.39 is 5.91 Å². The van der Waals surface area contributed by atoms with E-state index in [4.69, 9.17) is 34.8 Å². The van der Waals surface area contributed by atoms with Crippen LogP contribution in [0.1, 0.15) is 11.1 Å². The quantitative estimate of drug-likeness (QED) is 0.602. The van der Waals surface area contributed by atoms with Crippen molar-refractivity contribution in [1.29, 1.82) is 0 Å². The van der Waals surface area contributed by atoms with E-state index in [0.29, 0.717) is 20.6 Å². The summed E-state index contributed by atoms with van der Waals surface area (Å²) in [6.07, 6.45) is 1.54. The molecule has 3 rings (SSSR count). The summed E-state index contributed by atoms with van der Waals surface area (Å²) in [7, 11) is 0. The summed E-state index contributed by atoms with van der Waals surface area (Å²) in [5.74, 6) is -0.400. The van der Waals surface area contributed by atoms with Crippen LogP contribution in [0, 0.1) is 6.92 Å². The van der Waals surface area contributed by atoms with Crippen LogP contribution in [0.4, 0.5) is 10.5 Å². The summed E-state index contributed by atoms with van der Waals surface area (Å²) in [5.41, 5.74) is 2.12. The van der Waals surface area contributed by atoms with Crippen LogP contribution in [-0.2, 0) is 4.79 Å². The number of nitrogens with zero attached hydrogens (tertiary/aromatic N) is 1. The van der Waals surface area contributed by atoms with Crippen molar-refractivity contribution < 1.29 is 9.59 Å². The van der Waals surface area contributed by atoms with Gasteiger partial charge in [-0.1, -0.05) is 46.9 Å². The van der Waals surface area contributed by atoms with Gasteiger partial charge in [0.2, 0.25) is 0 Å². The molecular weight excluding hydrogens is 415 g/mol. The molecule has 0 radical (unpaired) electrons. The molecule has 26 heavy (non-hydrogen) atoms. The maximum Gasteiger partial charge on any atom is 0.295 e. The van der Waals surface area contributed by atoms with Crippen molar-refractivity contribution in [2.45, 2.75) is 6.92 Å². The molecule has 1 heterocycles. The van der Waals surface area contributed by atoms with E-state index in [2.05, 4.69) is 5.32 Å². The van der Waals surface area contributed by atoms with E-state index in [1.165, 1.54) is 0 Å². The Morgan fingerprint density at radius 2 is 1.65 bits per heavy atom. The number of imide groups is 1. The third kappa shape index (κ3) is 3.86. The Hall–Kier alpha value is -1.66. The second-order valence-corrected chi connectivity index (χ2v) is 7.71. The molecule has 0 aromatic heterocycles. The topological polar surface area (TPSA) is 49.4 Å². The number of thioether (sulfide) groups is 1. The highest BCUT2D eigenvalue weighted by molar-refractivity contribution is 8.18. The molecule has 1 N–H and O–H groups in total. The predicted octanol–water partition coefficient (Wildman–Crippen LogP) is 6.06. The normalized spacial score (nSPS) is 15.8. The molecule has 1 aliphatic heterocycles. The van der Waals surface area contributed by atoms with Crippen molar-refractivity contribution in [3.8, 4) is 0 Å². The number of anilines is 1. The first kappa shape index (κ1) is 19.1. The Morgan fingerprint density at radius 1 is 1.04 bits per heavy atom. The maximum absolute atomic E-state index is 12.6. The molecule has 0 saturated carbocycles. The van der Waals surface area contributed by atoms with Crippen LogP contribution in [0.3, 0.4) is 0 Å². The summed E-state index contributed by atoms with van der Waals surface area (Å²) in [6.45, 7) is 1.90. The molecule has 4 nitrogen and oxygen atoms in total. The standard InChI is InChI=1S/C18H13Cl3N2O2S/c1-10-12(19)4-3-7-15(10)22-9-23-17(24)16(26-18(23)25)8-11-13(20)5-2-6-14(11)21/h2-8,22H,9H2,1H3. The molecule has 2 aromatic carbocycles. The Balaban J connectivity index is 1.79. The van der Waals surface area contributed by atoms with Gasteiger partial charge in [-0.25, -0.2) is 0 Å². The molecule has 0 bridgehead atoms. The lowest BCUT2D eigenvalue weighted by atomic mass is 10.2. The third-order valence-corrected chi connectivity index (χ3v) is 5.82. The smallest absolute Gasteiger partial charge is 0.295 e. The Labute approximate surface area is 170 Å². The maximum atomic E-state index is 12.6. The van der Waals surface area contributed by atoms with E-state index in [1.54, 1.807) is 36.4 Å². The zero-order chi connectivity index (χ0) is 18.8. The Bertz CT molecular complexity index is 910. The van der Waals surface area contributed by atoms with E-state index in [1.807, 2.05) is 13.0 Å². The van der Waals surface area contributed by atoms with Gasteiger partial charge in [0.05, 0.1) is 11.6 Å². The van der Waals surface area contributed by atoms with Gasteiger partial charge in [-0.15, -0.1) is 0 Å². The molecule has 8 heteroatoms. The van der Waals surface area contributed by atoms with Gasteiger partial charge in [0, 0.05) is 26.3 Å². The minimum atomic E-state index is -0.400. The van der Waals surface area contributed by atoms with Gasteiger partial charge in [-0.2, -0.15) is 0 Å². The molecule has 0 unspecified atom stereocenters. The van der Waals surface area contributed by atoms with Crippen molar-refractivity contribution >= 4 is 69.5 Å². The SMILES string of the molecule is Cc1c(Cl)cccc1NCN1C(=O)SC(=Cc2c(Cl)cccc2Cl)C1=O. The number of benzene rings is 2. The lowest BCUT2D eigenvalue weighted by Crippen LogP contribution is -2.33. The van der Waals surface area contributed by atoms with Crippen LogP contribution in [-0.4, -0.2) is 22.7 Å². The number of rotatable bonds is 4. The minimum Gasteiger partial charge on any atom is -0.367 e. The largest absolute Gasteiger partial charge is 0.367 e. The van der Waals surface area contributed by atoms with Crippen LogP contribution in [0.2, 0.25) is 15.1 Å². The fourth-order valence-corrected chi connectivity index (χ4v) is 3.88. The second-order valence-electron chi connectivity index (χ2n) is 5.49. The number of carbonyl (C=O) groups is 2. The molecule has 2 aromatic rings. The van der Waals surface area contributed by atoms with Crippen LogP contribution in [0.25, 0.3) is 6.08 Å². The molecule has 1 fully saturated rings. The van der Waals surface area contributed by atoms with Crippen LogP contribution in [0.5, 0.6) is 0 Å². The summed E-state index contributed by atoms with van der Waals surface area (Å²) in [5, 5.41) is 4.14. The van der Waals surface area contributed by atoms with E-state index in [9.17, 15) is 9.59 Å². The van der Waals surface area contributed by atoms with Gasteiger partial charge in [0.1, 0.15) is 0 Å². The number of halogens is 3. The molecule has 134 valence electrons. The first-order valence-electron chi connectivity index (χ1n) is 7.57. The molecule has 0 atom stereocenters. The molecule has 0 spiro atoms. The summed E-state index contributed by atoms with van der Waals surface area (Å²) in [4.78, 5) is 26.2. The fourth-order valence-electron chi connectivity index (χ4n) is 2.38. The zero-order valence-corrected chi connectivity index (χ0v) is 16.6. The second kappa shape index (κ2) is 7.92. The Morgan fingerprint density at radius 3 is 2.35 bits per heavy atom. The highest BCUT2D eigenvalue weighted by Gasteiger charge is 2.35. The van der Waals surface area contributed by atoms with E-state index in [0.717, 1.165) is 27.9 Å². The van der Waals surface area contributed by atoms with Crippen molar-refractivity contribution in [3.63, 3.8) is 0 Å². The molecule has 1 aliphatic rings. The van der Waals surface area contributed by atoms with Gasteiger partial charge in [0.25, 0.3) is 11.1 Å². The summed E-state index contributed by atoms with van der Waals surface area (Å²) < 4.78 is 0. The van der Waals surface area contributed by atoms with Crippen LogP contribution >= 0.6 is 46.6 Å². The highest BCUT2D eigenvalue weighted by Crippen LogP contribution is 2.35. The van der Waals surface area contributed by atoms with Gasteiger partial charge < -0.3 is 5.32 Å². The molecule has 2 amide bonds. The number of hydrogen-bond donors (Lipinski definition) is 1. The van der Waals surface area contributed by atoms with Crippen molar-refractivity contribution in [2.24, 2.45) is 0 Å². The number of nitrogens with one attached hydrogen (secondary N) is 1. The van der Waals surface area contributed by atoms with Crippen molar-refractivity contribution in [2.75, 3.05) is 12.0 Å². The van der Waals surface area contributed by atoms with Crippen LogP contribution < -0.4 is 5.32 Å². The van der Waals surface area contributed by atoms with Gasteiger partial charge in [0.15, 0.2) is 0 Å². The summed E-state index contributed by atoms with van der Waals surface area (Å²) >= 11 is 19.2. The van der Waals surface area contributed by atoms with E-state index >= 15 is 0 Å². The number of amides is 2. The summed E-state index contributed by atoms with van der Waals surface area (Å²) in [6, 6.07) is 10.5. The van der Waals surface area contributed by atoms with Gasteiger partial charge >= 0.3 is 0 Å². The lowest BCUT2D eigenvalue weighted by Gasteiger charge is -2.16. The predicted molar refractivity (Wildman–Crippen MR) is 109 cm³/mol. The first-order valence-corrected chi connectivity index (χ1v) is 9.52. The molecular formula is C18H13Cl3N2O2S. The molecule has 1 saturated heterocycles. The van der Waals surface area contributed by atoms with E-state index in [-0.39, 0.29) is 16.8 Å². The van der Waals surface area contributed by atoms with Gasteiger partial charge in [-0.3, -0.25) is 14.5 Å². The lowest BCUT2D eigenvalue weighted by molar-refractivity contribution is -0.122. The van der Waals surface area contributed by atoms with Crippen molar-refractivity contribution in [1.82, 2.24) is 4.90 Å². The van der Waals surface area contributed by atoms with Crippen molar-refractivity contribution in [3.05, 3.63) is 67.5 Å². The fraction of sp³-hybridized carbons (Fsp3) is 0.111.